The number of carbonyl (C=O) groups is 1. The molecule has 2 heterocycles. The van der Waals surface area contributed by atoms with Crippen LogP contribution in [0.5, 0.6) is 0 Å². The summed E-state index contributed by atoms with van der Waals surface area (Å²) in [6.45, 7) is 4.68. The van der Waals surface area contributed by atoms with Crippen LogP contribution in [-0.2, 0) is 11.3 Å². The maximum Gasteiger partial charge on any atom is 0.234 e. The third-order valence-corrected chi connectivity index (χ3v) is 3.44. The molecular formula is C17H20N4O2. The lowest BCUT2D eigenvalue weighted by atomic mass is 10.2. The fraction of sp³-hybridized carbons (Fsp3) is 0.294. The molecule has 0 unspecified atom stereocenters. The molecule has 1 aromatic carbocycles. The van der Waals surface area contributed by atoms with E-state index in [1.54, 1.807) is 6.20 Å². The van der Waals surface area contributed by atoms with Gasteiger partial charge in [0, 0.05) is 23.5 Å². The second-order valence-electron chi connectivity index (χ2n) is 5.74. The van der Waals surface area contributed by atoms with Gasteiger partial charge < -0.3 is 15.1 Å². The number of nitrogens with one attached hydrogen (secondary N) is 3. The predicted octanol–water partition coefficient (Wildman–Crippen LogP) is 2.44. The van der Waals surface area contributed by atoms with Gasteiger partial charge in [-0.1, -0.05) is 18.2 Å². The smallest absolute Gasteiger partial charge is 0.234 e. The molecule has 120 valence electrons. The standard InChI is InChI=1S/C17H20N4O2/c1-11(2)20-16(22)10-18-8-13-9-19-21-17(13)15-7-12-5-3-4-6-14(12)23-15/h3-7,9,11,18H,8,10H2,1-2H3,(H,19,21)(H,20,22). The molecule has 3 rings (SSSR count). The van der Waals surface area contributed by atoms with Gasteiger partial charge in [0.1, 0.15) is 11.3 Å². The Morgan fingerprint density at radius 3 is 2.96 bits per heavy atom. The number of amides is 1. The van der Waals surface area contributed by atoms with Gasteiger partial charge in [0.2, 0.25) is 5.91 Å². The van der Waals surface area contributed by atoms with Gasteiger partial charge in [-0.05, 0) is 26.0 Å². The normalized spacial score (nSPS) is 11.3. The third-order valence-electron chi connectivity index (χ3n) is 3.44. The molecule has 6 heteroatoms. The number of nitrogens with zero attached hydrogens (tertiary/aromatic N) is 1. The van der Waals surface area contributed by atoms with Crippen LogP contribution in [0.15, 0.2) is 40.9 Å². The number of rotatable bonds is 6. The molecule has 0 atom stereocenters. The first-order valence-electron chi connectivity index (χ1n) is 7.65. The minimum absolute atomic E-state index is 0.0196. The number of aromatic amines is 1. The molecule has 0 spiro atoms. The lowest BCUT2D eigenvalue weighted by Gasteiger charge is -2.09. The number of aromatic nitrogens is 2. The molecule has 0 fully saturated rings. The summed E-state index contributed by atoms with van der Waals surface area (Å²) in [4.78, 5) is 11.6. The quantitative estimate of drug-likeness (QED) is 0.653. The highest BCUT2D eigenvalue weighted by Gasteiger charge is 2.13. The summed E-state index contributed by atoms with van der Waals surface area (Å²) < 4.78 is 5.85. The molecule has 23 heavy (non-hydrogen) atoms. The van der Waals surface area contributed by atoms with E-state index in [4.69, 9.17) is 4.42 Å². The molecule has 3 aromatic rings. The number of hydrogen-bond donors (Lipinski definition) is 3. The molecule has 3 N–H and O–H groups in total. The molecule has 0 aliphatic rings. The van der Waals surface area contributed by atoms with Crippen molar-refractivity contribution < 1.29 is 9.21 Å². The summed E-state index contributed by atoms with van der Waals surface area (Å²) >= 11 is 0. The first-order chi connectivity index (χ1) is 11.1. The van der Waals surface area contributed by atoms with Gasteiger partial charge in [-0.25, -0.2) is 0 Å². The molecule has 6 nitrogen and oxygen atoms in total. The lowest BCUT2D eigenvalue weighted by molar-refractivity contribution is -0.120. The fourth-order valence-electron chi connectivity index (χ4n) is 2.45. The van der Waals surface area contributed by atoms with Crippen LogP contribution in [0.4, 0.5) is 0 Å². The Balaban J connectivity index is 1.69. The van der Waals surface area contributed by atoms with Crippen LogP contribution in [0.25, 0.3) is 22.4 Å². The summed E-state index contributed by atoms with van der Waals surface area (Å²) in [6.07, 6.45) is 1.75. The third kappa shape index (κ3) is 3.60. The van der Waals surface area contributed by atoms with Crippen LogP contribution in [0.3, 0.4) is 0 Å². The number of para-hydroxylation sites is 1. The minimum Gasteiger partial charge on any atom is -0.454 e. The van der Waals surface area contributed by atoms with Crippen LogP contribution >= 0.6 is 0 Å². The predicted molar refractivity (Wildman–Crippen MR) is 88.8 cm³/mol. The van der Waals surface area contributed by atoms with E-state index >= 15 is 0 Å². The molecule has 0 saturated carbocycles. The molecule has 2 aromatic heterocycles. The van der Waals surface area contributed by atoms with E-state index in [9.17, 15) is 4.79 Å². The van der Waals surface area contributed by atoms with Crippen molar-refractivity contribution >= 4 is 16.9 Å². The number of H-pyrrole nitrogens is 1. The summed E-state index contributed by atoms with van der Waals surface area (Å²) in [5.41, 5.74) is 2.63. The van der Waals surface area contributed by atoms with Gasteiger partial charge in [0.05, 0.1) is 12.7 Å². The van der Waals surface area contributed by atoms with Crippen LogP contribution < -0.4 is 10.6 Å². The number of benzene rings is 1. The Morgan fingerprint density at radius 1 is 1.35 bits per heavy atom. The van der Waals surface area contributed by atoms with Crippen LogP contribution in [0.1, 0.15) is 19.4 Å². The fourth-order valence-corrected chi connectivity index (χ4v) is 2.45. The minimum atomic E-state index is -0.0196. The van der Waals surface area contributed by atoms with Crippen molar-refractivity contribution in [2.75, 3.05) is 6.54 Å². The van der Waals surface area contributed by atoms with E-state index in [0.717, 1.165) is 28.0 Å². The zero-order chi connectivity index (χ0) is 16.2. The molecule has 0 bridgehead atoms. The number of fused-ring (bicyclic) bond motifs is 1. The number of carbonyl (C=O) groups excluding carboxylic acids is 1. The number of furan rings is 1. The maximum absolute atomic E-state index is 11.6. The van der Waals surface area contributed by atoms with Gasteiger partial charge in [-0.3, -0.25) is 9.89 Å². The zero-order valence-electron chi connectivity index (χ0n) is 13.2. The highest BCUT2D eigenvalue weighted by atomic mass is 16.3. The summed E-state index contributed by atoms with van der Waals surface area (Å²) in [5.74, 6) is 0.723. The van der Waals surface area contributed by atoms with Gasteiger partial charge >= 0.3 is 0 Å². The van der Waals surface area contributed by atoms with Crippen LogP contribution in [0.2, 0.25) is 0 Å². The summed E-state index contributed by atoms with van der Waals surface area (Å²) in [7, 11) is 0. The van der Waals surface area contributed by atoms with E-state index in [2.05, 4.69) is 20.8 Å². The maximum atomic E-state index is 11.6. The topological polar surface area (TPSA) is 83.0 Å². The van der Waals surface area contributed by atoms with E-state index < -0.39 is 0 Å². The van der Waals surface area contributed by atoms with Crippen molar-refractivity contribution in [3.05, 3.63) is 42.1 Å². The molecule has 0 aliphatic carbocycles. The van der Waals surface area contributed by atoms with Crippen molar-refractivity contribution in [3.8, 4) is 11.5 Å². The second kappa shape index (κ2) is 6.66. The van der Waals surface area contributed by atoms with E-state index in [1.807, 2.05) is 44.2 Å². The molecule has 0 saturated heterocycles. The molecular weight excluding hydrogens is 292 g/mol. The van der Waals surface area contributed by atoms with Crippen LogP contribution in [0, 0.1) is 0 Å². The highest BCUT2D eigenvalue weighted by molar-refractivity contribution is 5.82. The SMILES string of the molecule is CC(C)NC(=O)CNCc1cn[nH]c1-c1cc2ccccc2o1. The Morgan fingerprint density at radius 2 is 2.17 bits per heavy atom. The van der Waals surface area contributed by atoms with Gasteiger partial charge in [-0.15, -0.1) is 0 Å². The van der Waals surface area contributed by atoms with Crippen molar-refractivity contribution in [2.24, 2.45) is 0 Å². The van der Waals surface area contributed by atoms with E-state index in [-0.39, 0.29) is 18.5 Å². The summed E-state index contributed by atoms with van der Waals surface area (Å²) in [6, 6.07) is 9.99. The Kier molecular flexibility index (Phi) is 4.43. The molecule has 0 aliphatic heterocycles. The van der Waals surface area contributed by atoms with E-state index in [0.29, 0.717) is 6.54 Å². The van der Waals surface area contributed by atoms with Crippen molar-refractivity contribution in [2.45, 2.75) is 26.4 Å². The summed E-state index contributed by atoms with van der Waals surface area (Å²) in [5, 5.41) is 14.1. The van der Waals surface area contributed by atoms with Gasteiger partial charge in [-0.2, -0.15) is 5.10 Å². The first kappa shape index (κ1) is 15.3. The van der Waals surface area contributed by atoms with E-state index in [1.165, 1.54) is 0 Å². The highest BCUT2D eigenvalue weighted by Crippen LogP contribution is 2.28. The van der Waals surface area contributed by atoms with Crippen molar-refractivity contribution in [1.82, 2.24) is 20.8 Å². The van der Waals surface area contributed by atoms with Gasteiger partial charge in [0.15, 0.2) is 5.76 Å². The second-order valence-corrected chi connectivity index (χ2v) is 5.74. The molecule has 0 radical (unpaired) electrons. The van der Waals surface area contributed by atoms with Crippen molar-refractivity contribution in [1.29, 1.82) is 0 Å². The largest absolute Gasteiger partial charge is 0.454 e. The lowest BCUT2D eigenvalue weighted by Crippen LogP contribution is -2.37. The average Bonchev–Trinajstić information content (AvgIpc) is 3.11. The zero-order valence-corrected chi connectivity index (χ0v) is 13.2. The first-order valence-corrected chi connectivity index (χ1v) is 7.65. The monoisotopic (exact) mass is 312 g/mol. The van der Waals surface area contributed by atoms with Crippen LogP contribution in [-0.4, -0.2) is 28.7 Å². The Labute approximate surface area is 134 Å². The molecule has 1 amide bonds. The Hall–Kier alpha value is -2.60. The Bertz CT molecular complexity index is 771. The number of hydrogen-bond acceptors (Lipinski definition) is 4. The van der Waals surface area contributed by atoms with Crippen molar-refractivity contribution in [3.63, 3.8) is 0 Å². The average molecular weight is 312 g/mol. The van der Waals surface area contributed by atoms with Gasteiger partial charge in [0.25, 0.3) is 0 Å².